The highest BCUT2D eigenvalue weighted by molar-refractivity contribution is 5.07. The van der Waals surface area contributed by atoms with E-state index in [1.807, 2.05) is 0 Å². The second-order valence-electron chi connectivity index (χ2n) is 5.48. The molecule has 0 radical (unpaired) electrons. The first kappa shape index (κ1) is 8.96. The van der Waals surface area contributed by atoms with Crippen LogP contribution in [0.5, 0.6) is 0 Å². The van der Waals surface area contributed by atoms with Crippen LogP contribution in [0.25, 0.3) is 0 Å². The zero-order valence-electron chi connectivity index (χ0n) is 8.97. The third-order valence-corrected chi connectivity index (χ3v) is 4.31. The first-order chi connectivity index (χ1) is 6.89. The van der Waals surface area contributed by atoms with Crippen molar-refractivity contribution in [2.75, 3.05) is 6.54 Å². The Morgan fingerprint density at radius 1 is 1.21 bits per heavy atom. The average molecular weight is 191 g/mol. The Morgan fingerprint density at radius 3 is 2.64 bits per heavy atom. The van der Waals surface area contributed by atoms with Crippen LogP contribution in [0.1, 0.15) is 44.9 Å². The Bertz CT molecular complexity index is 236. The number of hydrogen-bond acceptors (Lipinski definition) is 1. The Hall–Kier alpha value is -0.300. The van der Waals surface area contributed by atoms with Crippen molar-refractivity contribution in [3.63, 3.8) is 0 Å². The molecule has 78 valence electrons. The predicted molar refractivity (Wildman–Crippen MR) is 59.2 cm³/mol. The fraction of sp³-hybridized carbons (Fsp3) is 0.846. The van der Waals surface area contributed by atoms with E-state index in [1.165, 1.54) is 51.5 Å². The van der Waals surface area contributed by atoms with Crippen LogP contribution in [0.3, 0.4) is 0 Å². The minimum atomic E-state index is 0.694. The molecule has 2 fully saturated rings. The molecule has 0 bridgehead atoms. The van der Waals surface area contributed by atoms with Gasteiger partial charge >= 0.3 is 0 Å². The van der Waals surface area contributed by atoms with E-state index in [-0.39, 0.29) is 0 Å². The van der Waals surface area contributed by atoms with Crippen LogP contribution in [0.2, 0.25) is 0 Å². The van der Waals surface area contributed by atoms with E-state index in [1.54, 1.807) is 0 Å². The normalized spacial score (nSPS) is 34.4. The maximum absolute atomic E-state index is 3.76. The maximum Gasteiger partial charge on any atom is 0.0250 e. The average Bonchev–Trinajstić information content (AvgIpc) is 3.08. The van der Waals surface area contributed by atoms with Gasteiger partial charge in [-0.3, -0.25) is 0 Å². The van der Waals surface area contributed by atoms with E-state index in [0.717, 1.165) is 11.3 Å². The molecule has 1 unspecified atom stereocenters. The lowest BCUT2D eigenvalue weighted by atomic mass is 9.98. The van der Waals surface area contributed by atoms with Gasteiger partial charge in [-0.1, -0.05) is 12.2 Å². The van der Waals surface area contributed by atoms with Crippen LogP contribution in [0.15, 0.2) is 12.2 Å². The Labute approximate surface area is 87.0 Å². The Morgan fingerprint density at radius 2 is 2.07 bits per heavy atom. The summed E-state index contributed by atoms with van der Waals surface area (Å²) in [4.78, 5) is 0. The van der Waals surface area contributed by atoms with Gasteiger partial charge < -0.3 is 5.32 Å². The molecule has 0 aromatic carbocycles. The van der Waals surface area contributed by atoms with Crippen LogP contribution >= 0.6 is 0 Å². The molecule has 3 rings (SSSR count). The second kappa shape index (κ2) is 3.37. The molecule has 0 saturated heterocycles. The van der Waals surface area contributed by atoms with E-state index < -0.39 is 0 Å². The van der Waals surface area contributed by atoms with Crippen LogP contribution in [-0.2, 0) is 0 Å². The van der Waals surface area contributed by atoms with Crippen molar-refractivity contribution >= 4 is 0 Å². The molecular formula is C13H21N. The highest BCUT2D eigenvalue weighted by atomic mass is 14.9. The summed E-state index contributed by atoms with van der Waals surface area (Å²) in [6, 6.07) is 0.694. The molecular weight excluding hydrogens is 170 g/mol. The summed E-state index contributed by atoms with van der Waals surface area (Å²) in [5, 5.41) is 3.76. The predicted octanol–water partition coefficient (Wildman–Crippen LogP) is 2.87. The van der Waals surface area contributed by atoms with Crippen LogP contribution in [0, 0.1) is 11.3 Å². The minimum Gasteiger partial charge on any atom is -0.310 e. The van der Waals surface area contributed by atoms with Gasteiger partial charge in [-0.25, -0.2) is 0 Å². The first-order valence-electron chi connectivity index (χ1n) is 6.29. The number of nitrogens with one attached hydrogen (secondary N) is 1. The fourth-order valence-corrected chi connectivity index (χ4v) is 2.90. The smallest absolute Gasteiger partial charge is 0.0250 e. The standard InChI is InChI=1S/C13H21N/c1-2-4-12(5-3-1)14-10-13(8-9-13)11-6-7-11/h2,4,11-12,14H,1,3,5-10H2. The topological polar surface area (TPSA) is 12.0 Å². The monoisotopic (exact) mass is 191 g/mol. The molecule has 3 aliphatic rings. The number of hydrogen-bond donors (Lipinski definition) is 1. The SMILES string of the molecule is C1=CC(NCC2(C3CC3)CC2)CCC1. The van der Waals surface area contributed by atoms with E-state index in [0.29, 0.717) is 6.04 Å². The molecule has 0 aliphatic heterocycles. The second-order valence-corrected chi connectivity index (χ2v) is 5.48. The molecule has 0 aromatic rings. The lowest BCUT2D eigenvalue weighted by Gasteiger charge is -2.22. The van der Waals surface area contributed by atoms with Gasteiger partial charge in [0.1, 0.15) is 0 Å². The third-order valence-electron chi connectivity index (χ3n) is 4.31. The zero-order valence-corrected chi connectivity index (χ0v) is 8.97. The fourth-order valence-electron chi connectivity index (χ4n) is 2.90. The van der Waals surface area contributed by atoms with Crippen molar-refractivity contribution in [1.29, 1.82) is 0 Å². The van der Waals surface area contributed by atoms with E-state index in [4.69, 9.17) is 0 Å². The van der Waals surface area contributed by atoms with Gasteiger partial charge in [0.2, 0.25) is 0 Å². The Balaban J connectivity index is 1.48. The molecule has 0 spiro atoms. The van der Waals surface area contributed by atoms with Crippen LogP contribution < -0.4 is 5.32 Å². The van der Waals surface area contributed by atoms with Gasteiger partial charge in [-0.2, -0.15) is 0 Å². The van der Waals surface area contributed by atoms with Gasteiger partial charge in [0.15, 0.2) is 0 Å². The summed E-state index contributed by atoms with van der Waals surface area (Å²) in [7, 11) is 0. The van der Waals surface area contributed by atoms with E-state index in [2.05, 4.69) is 17.5 Å². The van der Waals surface area contributed by atoms with Crippen molar-refractivity contribution in [2.45, 2.75) is 51.0 Å². The largest absolute Gasteiger partial charge is 0.310 e. The molecule has 0 amide bonds. The van der Waals surface area contributed by atoms with Gasteiger partial charge in [0.05, 0.1) is 0 Å². The molecule has 0 aromatic heterocycles. The third kappa shape index (κ3) is 1.75. The molecule has 1 N–H and O–H groups in total. The van der Waals surface area contributed by atoms with Crippen molar-refractivity contribution in [1.82, 2.24) is 5.32 Å². The maximum atomic E-state index is 3.76. The van der Waals surface area contributed by atoms with Gasteiger partial charge in [0.25, 0.3) is 0 Å². The molecule has 3 aliphatic carbocycles. The Kier molecular flexibility index (Phi) is 2.16. The van der Waals surface area contributed by atoms with Crippen molar-refractivity contribution < 1.29 is 0 Å². The van der Waals surface area contributed by atoms with Gasteiger partial charge in [0, 0.05) is 12.6 Å². The van der Waals surface area contributed by atoms with Gasteiger partial charge in [-0.15, -0.1) is 0 Å². The number of rotatable bonds is 4. The molecule has 1 atom stereocenters. The van der Waals surface area contributed by atoms with Crippen molar-refractivity contribution in [3.05, 3.63) is 12.2 Å². The summed E-state index contributed by atoms with van der Waals surface area (Å²) >= 11 is 0. The summed E-state index contributed by atoms with van der Waals surface area (Å²) in [5.41, 5.74) is 0.769. The minimum absolute atomic E-state index is 0.694. The van der Waals surface area contributed by atoms with Crippen LogP contribution in [-0.4, -0.2) is 12.6 Å². The quantitative estimate of drug-likeness (QED) is 0.674. The molecule has 14 heavy (non-hydrogen) atoms. The van der Waals surface area contributed by atoms with Gasteiger partial charge in [-0.05, 0) is 56.3 Å². The van der Waals surface area contributed by atoms with Crippen molar-refractivity contribution in [3.8, 4) is 0 Å². The molecule has 0 heterocycles. The molecule has 2 saturated carbocycles. The highest BCUT2D eigenvalue weighted by Gasteiger charge is 2.53. The molecule has 1 nitrogen and oxygen atoms in total. The highest BCUT2D eigenvalue weighted by Crippen LogP contribution is 2.60. The lowest BCUT2D eigenvalue weighted by molar-refractivity contribution is 0.378. The first-order valence-corrected chi connectivity index (χ1v) is 6.29. The number of allylic oxidation sites excluding steroid dienone is 1. The summed E-state index contributed by atoms with van der Waals surface area (Å²) in [5.74, 6) is 1.10. The summed E-state index contributed by atoms with van der Waals surface area (Å²) in [6.45, 7) is 1.30. The van der Waals surface area contributed by atoms with E-state index >= 15 is 0 Å². The molecule has 1 heteroatoms. The van der Waals surface area contributed by atoms with Crippen LogP contribution in [0.4, 0.5) is 0 Å². The summed E-state index contributed by atoms with van der Waals surface area (Å²) in [6.07, 6.45) is 14.8. The summed E-state index contributed by atoms with van der Waals surface area (Å²) < 4.78 is 0. The van der Waals surface area contributed by atoms with E-state index in [9.17, 15) is 0 Å². The zero-order chi connectivity index (χ0) is 9.43. The van der Waals surface area contributed by atoms with Crippen molar-refractivity contribution in [2.24, 2.45) is 11.3 Å². The lowest BCUT2D eigenvalue weighted by Crippen LogP contribution is -2.34.